The Balaban J connectivity index is 3.79. The SMILES string of the molecule is O=C(O)CCC[C@H](O)/C=C/C=C/C=C/[C@H](O)C/C=C\CCCCCO. The highest BCUT2D eigenvalue weighted by atomic mass is 16.4. The van der Waals surface area contributed by atoms with Gasteiger partial charge < -0.3 is 20.4 Å². The van der Waals surface area contributed by atoms with E-state index in [0.717, 1.165) is 25.7 Å². The van der Waals surface area contributed by atoms with Crippen LogP contribution >= 0.6 is 0 Å². The summed E-state index contributed by atoms with van der Waals surface area (Å²) in [5, 5.41) is 36.5. The summed E-state index contributed by atoms with van der Waals surface area (Å²) in [4.78, 5) is 10.4. The zero-order valence-electron chi connectivity index (χ0n) is 14.8. The van der Waals surface area contributed by atoms with Crippen LogP contribution in [0.25, 0.3) is 0 Å². The first-order chi connectivity index (χ1) is 12.1. The summed E-state index contributed by atoms with van der Waals surface area (Å²) in [7, 11) is 0. The molecule has 5 heteroatoms. The van der Waals surface area contributed by atoms with Gasteiger partial charge in [-0.05, 0) is 38.5 Å². The Morgan fingerprint density at radius 3 is 2.16 bits per heavy atom. The van der Waals surface area contributed by atoms with Gasteiger partial charge in [0, 0.05) is 13.0 Å². The highest BCUT2D eigenvalue weighted by molar-refractivity contribution is 5.66. The van der Waals surface area contributed by atoms with E-state index >= 15 is 0 Å². The number of aliphatic carboxylic acids is 1. The molecule has 0 spiro atoms. The standard InChI is InChI=1S/C20H32O5/c21-17-10-6-2-1-3-7-12-18(22)13-8-4-5-9-14-19(23)15-11-16-20(24)25/h3-5,7-9,13-14,18-19,21-23H,1-2,6,10-12,15-17H2,(H,24,25)/b5-4+,7-3-,13-8+,14-9+/t18-,19-/m1/s1. The van der Waals surface area contributed by atoms with Gasteiger partial charge in [0.2, 0.25) is 0 Å². The lowest BCUT2D eigenvalue weighted by atomic mass is 10.1. The summed E-state index contributed by atoms with van der Waals surface area (Å²) in [5.74, 6) is -0.851. The third kappa shape index (κ3) is 18.5. The predicted octanol–water partition coefficient (Wildman–Crippen LogP) is 3.13. The second-order valence-electron chi connectivity index (χ2n) is 5.86. The molecule has 0 aromatic heterocycles. The van der Waals surface area contributed by atoms with Crippen molar-refractivity contribution in [2.24, 2.45) is 0 Å². The molecule has 142 valence electrons. The molecular weight excluding hydrogens is 320 g/mol. The van der Waals surface area contributed by atoms with Crippen LogP contribution in [0.3, 0.4) is 0 Å². The first kappa shape index (κ1) is 23.3. The third-order valence-electron chi connectivity index (χ3n) is 3.46. The van der Waals surface area contributed by atoms with Crippen molar-refractivity contribution in [2.75, 3.05) is 6.61 Å². The lowest BCUT2D eigenvalue weighted by Gasteiger charge is -2.02. The van der Waals surface area contributed by atoms with Crippen LogP contribution in [-0.2, 0) is 4.79 Å². The number of aliphatic hydroxyl groups excluding tert-OH is 3. The van der Waals surface area contributed by atoms with E-state index in [4.69, 9.17) is 10.2 Å². The normalized spacial score (nSPS) is 15.0. The first-order valence-corrected chi connectivity index (χ1v) is 8.91. The molecule has 0 aliphatic carbocycles. The lowest BCUT2D eigenvalue weighted by molar-refractivity contribution is -0.137. The molecule has 0 amide bonds. The van der Waals surface area contributed by atoms with Gasteiger partial charge in [0.15, 0.2) is 0 Å². The fraction of sp³-hybridized carbons (Fsp3) is 0.550. The number of hydrogen-bond donors (Lipinski definition) is 4. The molecule has 25 heavy (non-hydrogen) atoms. The van der Waals surface area contributed by atoms with Gasteiger partial charge in [0.1, 0.15) is 0 Å². The quantitative estimate of drug-likeness (QED) is 0.206. The van der Waals surface area contributed by atoms with E-state index in [1.807, 2.05) is 6.08 Å². The molecule has 0 unspecified atom stereocenters. The van der Waals surface area contributed by atoms with E-state index in [2.05, 4.69) is 6.08 Å². The minimum absolute atomic E-state index is 0.0679. The van der Waals surface area contributed by atoms with E-state index in [1.54, 1.807) is 36.5 Å². The number of rotatable bonds is 15. The van der Waals surface area contributed by atoms with Crippen molar-refractivity contribution in [1.82, 2.24) is 0 Å². The molecule has 0 aliphatic heterocycles. The van der Waals surface area contributed by atoms with Crippen LogP contribution in [0.15, 0.2) is 48.6 Å². The maximum atomic E-state index is 10.4. The molecule has 4 N–H and O–H groups in total. The number of carboxylic acid groups (broad SMARTS) is 1. The van der Waals surface area contributed by atoms with Gasteiger partial charge in [0.25, 0.3) is 0 Å². The van der Waals surface area contributed by atoms with Crippen molar-refractivity contribution in [3.05, 3.63) is 48.6 Å². The number of unbranched alkanes of at least 4 members (excludes halogenated alkanes) is 3. The van der Waals surface area contributed by atoms with Crippen LogP contribution in [0.2, 0.25) is 0 Å². The Morgan fingerprint density at radius 2 is 1.52 bits per heavy atom. The fourth-order valence-corrected chi connectivity index (χ4v) is 2.05. The molecule has 0 saturated heterocycles. The second kappa shape index (κ2) is 17.1. The minimum atomic E-state index is -0.851. The highest BCUT2D eigenvalue weighted by Crippen LogP contribution is 2.03. The molecule has 0 radical (unpaired) electrons. The van der Waals surface area contributed by atoms with Gasteiger partial charge in [-0.1, -0.05) is 55.0 Å². The summed E-state index contributed by atoms with van der Waals surface area (Å²) < 4.78 is 0. The minimum Gasteiger partial charge on any atom is -0.481 e. The van der Waals surface area contributed by atoms with Crippen molar-refractivity contribution >= 4 is 5.97 Å². The van der Waals surface area contributed by atoms with Crippen molar-refractivity contribution in [2.45, 2.75) is 63.6 Å². The Labute approximate surface area is 150 Å². The first-order valence-electron chi connectivity index (χ1n) is 8.91. The molecule has 0 bridgehead atoms. The number of hydrogen-bond acceptors (Lipinski definition) is 4. The number of aliphatic hydroxyl groups is 3. The number of allylic oxidation sites excluding steroid dienone is 5. The zero-order chi connectivity index (χ0) is 18.8. The molecule has 0 rings (SSSR count). The average Bonchev–Trinajstić information content (AvgIpc) is 2.56. The molecule has 0 aromatic rings. The molecule has 5 nitrogen and oxygen atoms in total. The van der Waals surface area contributed by atoms with Crippen molar-refractivity contribution in [3.63, 3.8) is 0 Å². The van der Waals surface area contributed by atoms with Gasteiger partial charge in [-0.2, -0.15) is 0 Å². The number of carbonyl (C=O) groups is 1. The summed E-state index contributed by atoms with van der Waals surface area (Å²) in [6.07, 6.45) is 18.5. The number of carboxylic acids is 1. The van der Waals surface area contributed by atoms with E-state index in [9.17, 15) is 15.0 Å². The van der Waals surface area contributed by atoms with Gasteiger partial charge in [0.05, 0.1) is 12.2 Å². The molecular formula is C20H32O5. The summed E-state index contributed by atoms with van der Waals surface area (Å²) >= 11 is 0. The maximum Gasteiger partial charge on any atom is 0.303 e. The van der Waals surface area contributed by atoms with Gasteiger partial charge in [-0.15, -0.1) is 0 Å². The lowest BCUT2D eigenvalue weighted by Crippen LogP contribution is -2.03. The monoisotopic (exact) mass is 352 g/mol. The van der Waals surface area contributed by atoms with Crippen molar-refractivity contribution in [1.29, 1.82) is 0 Å². The summed E-state index contributed by atoms with van der Waals surface area (Å²) in [6, 6.07) is 0. The van der Waals surface area contributed by atoms with Gasteiger partial charge in [-0.3, -0.25) is 4.79 Å². The smallest absolute Gasteiger partial charge is 0.303 e. The molecule has 2 atom stereocenters. The Bertz CT molecular complexity index is 437. The van der Waals surface area contributed by atoms with Crippen LogP contribution in [0, 0.1) is 0 Å². The molecule has 0 heterocycles. The average molecular weight is 352 g/mol. The van der Waals surface area contributed by atoms with Gasteiger partial charge in [-0.25, -0.2) is 0 Å². The van der Waals surface area contributed by atoms with Gasteiger partial charge >= 0.3 is 5.97 Å². The topological polar surface area (TPSA) is 98.0 Å². The molecule has 0 aromatic carbocycles. The largest absolute Gasteiger partial charge is 0.481 e. The predicted molar refractivity (Wildman–Crippen MR) is 100 cm³/mol. The van der Waals surface area contributed by atoms with Crippen molar-refractivity contribution in [3.8, 4) is 0 Å². The summed E-state index contributed by atoms with van der Waals surface area (Å²) in [5.41, 5.74) is 0. The Morgan fingerprint density at radius 1 is 0.840 bits per heavy atom. The van der Waals surface area contributed by atoms with Crippen LogP contribution < -0.4 is 0 Å². The van der Waals surface area contributed by atoms with Crippen molar-refractivity contribution < 1.29 is 25.2 Å². The van der Waals surface area contributed by atoms with E-state index in [0.29, 0.717) is 19.3 Å². The van der Waals surface area contributed by atoms with Crippen LogP contribution in [-0.4, -0.2) is 45.2 Å². The molecule has 0 aliphatic rings. The summed E-state index contributed by atoms with van der Waals surface area (Å²) in [6.45, 7) is 0.250. The second-order valence-corrected chi connectivity index (χ2v) is 5.86. The van der Waals surface area contributed by atoms with Crippen LogP contribution in [0.1, 0.15) is 51.4 Å². The highest BCUT2D eigenvalue weighted by Gasteiger charge is 2.01. The Hall–Kier alpha value is -1.69. The fourth-order valence-electron chi connectivity index (χ4n) is 2.05. The van der Waals surface area contributed by atoms with E-state index in [-0.39, 0.29) is 13.0 Å². The van der Waals surface area contributed by atoms with E-state index < -0.39 is 18.2 Å². The van der Waals surface area contributed by atoms with Crippen LogP contribution in [0.4, 0.5) is 0 Å². The Kier molecular flexibility index (Phi) is 16.0. The third-order valence-corrected chi connectivity index (χ3v) is 3.46. The zero-order valence-corrected chi connectivity index (χ0v) is 14.8. The van der Waals surface area contributed by atoms with E-state index in [1.165, 1.54) is 0 Å². The maximum absolute atomic E-state index is 10.4. The molecule has 0 fully saturated rings. The molecule has 0 saturated carbocycles. The van der Waals surface area contributed by atoms with Crippen LogP contribution in [0.5, 0.6) is 0 Å².